The Hall–Kier alpha value is -3.09. The Morgan fingerprint density at radius 1 is 1.00 bits per heavy atom. The van der Waals surface area contributed by atoms with Crippen LogP contribution < -0.4 is 10.1 Å². The van der Waals surface area contributed by atoms with Crippen molar-refractivity contribution in [3.05, 3.63) is 54.6 Å². The van der Waals surface area contributed by atoms with Crippen LogP contribution in [-0.4, -0.2) is 17.5 Å². The quantitative estimate of drug-likeness (QED) is 0.592. The summed E-state index contributed by atoms with van der Waals surface area (Å²) < 4.78 is 47.5. The highest BCUT2D eigenvalue weighted by molar-refractivity contribution is 5.87. The van der Waals surface area contributed by atoms with Gasteiger partial charge in [-0.3, -0.25) is 0 Å². The van der Waals surface area contributed by atoms with E-state index >= 15 is 0 Å². The van der Waals surface area contributed by atoms with E-state index in [4.69, 9.17) is 4.42 Å². The van der Waals surface area contributed by atoms with E-state index < -0.39 is 6.36 Å². The Morgan fingerprint density at radius 3 is 2.37 bits per heavy atom. The molecule has 0 bridgehead atoms. The van der Waals surface area contributed by atoms with Crippen LogP contribution in [0.25, 0.3) is 22.5 Å². The first-order chi connectivity index (χ1) is 12.9. The third-order valence-electron chi connectivity index (χ3n) is 4.19. The minimum absolute atomic E-state index is 0.131. The lowest BCUT2D eigenvalue weighted by molar-refractivity contribution is -0.274. The van der Waals surface area contributed by atoms with Gasteiger partial charge in [-0.15, -0.1) is 13.2 Å². The summed E-state index contributed by atoms with van der Waals surface area (Å²) in [6.07, 6.45) is -2.85. The summed E-state index contributed by atoms with van der Waals surface area (Å²) in [5.41, 5.74) is 1.35. The Morgan fingerprint density at radius 2 is 1.70 bits per heavy atom. The highest BCUT2D eigenvalue weighted by Crippen LogP contribution is 2.48. The Bertz CT molecular complexity index is 947. The van der Waals surface area contributed by atoms with Crippen molar-refractivity contribution < 1.29 is 27.4 Å². The number of hydrogen-bond acceptors (Lipinski definition) is 4. The lowest BCUT2D eigenvalue weighted by Gasteiger charge is -2.10. The number of halogens is 3. The molecule has 4 nitrogen and oxygen atoms in total. The molecular formula is C20H16F3NO3. The van der Waals surface area contributed by atoms with Gasteiger partial charge in [0.1, 0.15) is 5.75 Å². The fourth-order valence-electron chi connectivity index (χ4n) is 2.84. The van der Waals surface area contributed by atoms with Crippen LogP contribution in [-0.2, 0) is 0 Å². The van der Waals surface area contributed by atoms with Crippen LogP contribution in [0.5, 0.6) is 11.5 Å². The summed E-state index contributed by atoms with van der Waals surface area (Å²) in [6, 6.07) is 14.7. The topological polar surface area (TPSA) is 54.6 Å². The summed E-state index contributed by atoms with van der Waals surface area (Å²) in [5.74, 6) is 0.0987. The van der Waals surface area contributed by atoms with E-state index in [1.807, 2.05) is 18.2 Å². The second-order valence-electron chi connectivity index (χ2n) is 6.34. The monoisotopic (exact) mass is 375 g/mol. The maximum atomic E-state index is 12.5. The zero-order valence-electron chi connectivity index (χ0n) is 14.1. The molecule has 0 amide bonds. The van der Waals surface area contributed by atoms with Crippen molar-refractivity contribution in [1.29, 1.82) is 0 Å². The zero-order chi connectivity index (χ0) is 19.0. The predicted molar refractivity (Wildman–Crippen MR) is 94.6 cm³/mol. The van der Waals surface area contributed by atoms with Gasteiger partial charge in [-0.2, -0.15) is 0 Å². The van der Waals surface area contributed by atoms with E-state index in [1.165, 1.54) is 18.2 Å². The molecule has 2 aromatic carbocycles. The lowest BCUT2D eigenvalue weighted by Crippen LogP contribution is -2.17. The summed E-state index contributed by atoms with van der Waals surface area (Å²) in [6.45, 7) is 0. The molecule has 0 aliphatic heterocycles. The van der Waals surface area contributed by atoms with E-state index in [9.17, 15) is 18.3 Å². The Balaban J connectivity index is 1.79. The maximum Gasteiger partial charge on any atom is 0.573 e. The standard InChI is InChI=1S/C20H16F3NO3/c21-20(22,23)27-15-8-4-7-13(11-15)16-17(25)18(12-5-2-1-3-6-12)26-19(16)24-14-9-10-14/h1-8,11,14,24-25H,9-10H2. The van der Waals surface area contributed by atoms with Crippen LogP contribution in [0.2, 0.25) is 0 Å². The van der Waals surface area contributed by atoms with E-state index in [2.05, 4.69) is 10.1 Å². The van der Waals surface area contributed by atoms with Crippen molar-refractivity contribution in [2.75, 3.05) is 5.32 Å². The molecule has 1 aliphatic rings. The van der Waals surface area contributed by atoms with Gasteiger partial charge in [-0.05, 0) is 30.5 Å². The van der Waals surface area contributed by atoms with Gasteiger partial charge < -0.3 is 19.6 Å². The first kappa shape index (κ1) is 17.3. The lowest BCUT2D eigenvalue weighted by atomic mass is 10.0. The highest BCUT2D eigenvalue weighted by Gasteiger charge is 2.32. The van der Waals surface area contributed by atoms with Crippen molar-refractivity contribution in [3.8, 4) is 33.9 Å². The van der Waals surface area contributed by atoms with Gasteiger partial charge in [0, 0.05) is 11.6 Å². The third kappa shape index (κ3) is 3.86. The number of aromatic hydroxyl groups is 1. The van der Waals surface area contributed by atoms with Gasteiger partial charge in [0.2, 0.25) is 5.88 Å². The molecule has 7 heteroatoms. The van der Waals surface area contributed by atoms with Gasteiger partial charge in [0.15, 0.2) is 11.5 Å². The smallest absolute Gasteiger partial charge is 0.504 e. The van der Waals surface area contributed by atoms with Gasteiger partial charge in [-0.25, -0.2) is 0 Å². The summed E-state index contributed by atoms with van der Waals surface area (Å²) in [7, 11) is 0. The number of anilines is 1. The molecular weight excluding hydrogens is 359 g/mol. The number of alkyl halides is 3. The largest absolute Gasteiger partial charge is 0.573 e. The van der Waals surface area contributed by atoms with Gasteiger partial charge in [0.05, 0.1) is 5.56 Å². The fourth-order valence-corrected chi connectivity index (χ4v) is 2.84. The number of rotatable bonds is 5. The first-order valence-corrected chi connectivity index (χ1v) is 8.44. The molecule has 0 spiro atoms. The number of ether oxygens (including phenoxy) is 1. The molecule has 0 radical (unpaired) electrons. The molecule has 0 saturated heterocycles. The minimum atomic E-state index is -4.79. The SMILES string of the molecule is Oc1c(-c2ccccc2)oc(NC2CC2)c1-c1cccc(OC(F)(F)F)c1. The zero-order valence-corrected chi connectivity index (χ0v) is 14.1. The summed E-state index contributed by atoms with van der Waals surface area (Å²) in [5, 5.41) is 14.0. The molecule has 1 aliphatic carbocycles. The second-order valence-corrected chi connectivity index (χ2v) is 6.34. The van der Waals surface area contributed by atoms with Gasteiger partial charge >= 0.3 is 6.36 Å². The van der Waals surface area contributed by atoms with Crippen LogP contribution >= 0.6 is 0 Å². The fraction of sp³-hybridized carbons (Fsp3) is 0.200. The number of furan rings is 1. The number of nitrogens with one attached hydrogen (secondary N) is 1. The van der Waals surface area contributed by atoms with E-state index in [-0.39, 0.29) is 23.3 Å². The van der Waals surface area contributed by atoms with Crippen LogP contribution in [0.1, 0.15) is 12.8 Å². The molecule has 1 aromatic heterocycles. The van der Waals surface area contributed by atoms with Crippen LogP contribution in [0, 0.1) is 0 Å². The number of benzene rings is 2. The minimum Gasteiger partial charge on any atom is -0.504 e. The molecule has 2 N–H and O–H groups in total. The first-order valence-electron chi connectivity index (χ1n) is 8.44. The molecule has 27 heavy (non-hydrogen) atoms. The molecule has 1 saturated carbocycles. The van der Waals surface area contributed by atoms with E-state index in [1.54, 1.807) is 18.2 Å². The number of hydrogen-bond donors (Lipinski definition) is 2. The van der Waals surface area contributed by atoms with Crippen molar-refractivity contribution in [2.24, 2.45) is 0 Å². The van der Waals surface area contributed by atoms with Gasteiger partial charge in [-0.1, -0.05) is 42.5 Å². The molecule has 0 unspecified atom stereocenters. The molecule has 3 aromatic rings. The highest BCUT2D eigenvalue weighted by atomic mass is 19.4. The molecule has 140 valence electrons. The second kappa shape index (κ2) is 6.57. The van der Waals surface area contributed by atoms with Crippen molar-refractivity contribution in [3.63, 3.8) is 0 Å². The van der Waals surface area contributed by atoms with Crippen LogP contribution in [0.3, 0.4) is 0 Å². The van der Waals surface area contributed by atoms with Crippen LogP contribution in [0.4, 0.5) is 19.1 Å². The van der Waals surface area contributed by atoms with E-state index in [0.29, 0.717) is 22.6 Å². The predicted octanol–water partition coefficient (Wildman–Crippen LogP) is 5.79. The molecule has 4 rings (SSSR count). The van der Waals surface area contributed by atoms with Crippen molar-refractivity contribution in [1.82, 2.24) is 0 Å². The summed E-state index contributed by atoms with van der Waals surface area (Å²) in [4.78, 5) is 0. The molecule has 1 heterocycles. The molecule has 0 atom stereocenters. The normalized spacial score (nSPS) is 14.2. The van der Waals surface area contributed by atoms with Gasteiger partial charge in [0.25, 0.3) is 0 Å². The van der Waals surface area contributed by atoms with E-state index in [0.717, 1.165) is 12.8 Å². The Kier molecular flexibility index (Phi) is 4.22. The van der Waals surface area contributed by atoms with Crippen molar-refractivity contribution >= 4 is 5.88 Å². The van der Waals surface area contributed by atoms with Crippen molar-refractivity contribution in [2.45, 2.75) is 25.2 Å². The Labute approximate surface area is 153 Å². The average Bonchev–Trinajstić information content (AvgIpc) is 3.37. The average molecular weight is 375 g/mol. The van der Waals surface area contributed by atoms with Crippen LogP contribution in [0.15, 0.2) is 59.0 Å². The maximum absolute atomic E-state index is 12.5. The third-order valence-corrected chi connectivity index (χ3v) is 4.19. The summed E-state index contributed by atoms with van der Waals surface area (Å²) >= 11 is 0. The molecule has 1 fully saturated rings.